The summed E-state index contributed by atoms with van der Waals surface area (Å²) in [4.78, 5) is 24.9. The van der Waals surface area contributed by atoms with Crippen LogP contribution in [0.3, 0.4) is 0 Å². The van der Waals surface area contributed by atoms with E-state index >= 15 is 0 Å². The Hall–Kier alpha value is -3.86. The molecule has 0 aliphatic heterocycles. The van der Waals surface area contributed by atoms with Crippen LogP contribution in [0.2, 0.25) is 0 Å². The predicted molar refractivity (Wildman–Crippen MR) is 132 cm³/mol. The summed E-state index contributed by atoms with van der Waals surface area (Å²) >= 11 is 0. The Bertz CT molecular complexity index is 1340. The van der Waals surface area contributed by atoms with Crippen molar-refractivity contribution < 1.29 is 13.9 Å². The van der Waals surface area contributed by atoms with Crippen LogP contribution in [-0.2, 0) is 4.79 Å². The van der Waals surface area contributed by atoms with Gasteiger partial charge >= 0.3 is 5.63 Å². The van der Waals surface area contributed by atoms with Crippen LogP contribution >= 0.6 is 0 Å². The lowest BCUT2D eigenvalue weighted by Gasteiger charge is -2.12. The molecule has 1 amide bonds. The van der Waals surface area contributed by atoms with Crippen molar-refractivity contribution in [2.24, 2.45) is 0 Å². The molecule has 4 rings (SSSR count). The highest BCUT2D eigenvalue weighted by Gasteiger charge is 2.12. The molecule has 0 saturated heterocycles. The number of nitrogens with one attached hydrogen (secondary N) is 1. The largest absolute Gasteiger partial charge is 0.484 e. The van der Waals surface area contributed by atoms with Gasteiger partial charge in [-0.2, -0.15) is 0 Å². The number of aryl methyl sites for hydroxylation is 1. The number of ether oxygens (including phenoxy) is 1. The normalized spacial score (nSPS) is 11.8. The van der Waals surface area contributed by atoms with Gasteiger partial charge in [-0.3, -0.25) is 4.79 Å². The molecule has 168 valence electrons. The highest BCUT2D eigenvalue weighted by atomic mass is 16.5. The number of rotatable bonds is 7. The molecule has 0 saturated carbocycles. The van der Waals surface area contributed by atoms with Gasteiger partial charge < -0.3 is 14.5 Å². The Morgan fingerprint density at radius 1 is 1.00 bits per heavy atom. The molecule has 33 heavy (non-hydrogen) atoms. The van der Waals surface area contributed by atoms with Crippen LogP contribution in [0.15, 0.2) is 82.0 Å². The van der Waals surface area contributed by atoms with Gasteiger partial charge in [0.05, 0.1) is 5.56 Å². The average Bonchev–Trinajstić information content (AvgIpc) is 2.82. The number of anilines is 1. The maximum absolute atomic E-state index is 12.5. The van der Waals surface area contributed by atoms with Crippen LogP contribution in [0.25, 0.3) is 22.1 Å². The molecule has 5 nitrogen and oxygen atoms in total. The summed E-state index contributed by atoms with van der Waals surface area (Å²) < 4.78 is 11.1. The third-order valence-electron chi connectivity index (χ3n) is 5.87. The fourth-order valence-electron chi connectivity index (χ4n) is 3.77. The number of carbonyl (C=O) groups excluding carboxylic acids is 1. The number of hydrogen-bond acceptors (Lipinski definition) is 4. The summed E-state index contributed by atoms with van der Waals surface area (Å²) in [6, 6.07) is 22.5. The Morgan fingerprint density at radius 3 is 2.48 bits per heavy atom. The van der Waals surface area contributed by atoms with Gasteiger partial charge in [-0.15, -0.1) is 0 Å². The third-order valence-corrected chi connectivity index (χ3v) is 5.87. The van der Waals surface area contributed by atoms with Crippen molar-refractivity contribution in [1.82, 2.24) is 0 Å². The molecule has 3 aromatic carbocycles. The van der Waals surface area contributed by atoms with E-state index in [1.165, 1.54) is 5.56 Å². The molecule has 0 unspecified atom stereocenters. The second-order valence-corrected chi connectivity index (χ2v) is 8.23. The van der Waals surface area contributed by atoms with E-state index < -0.39 is 0 Å². The van der Waals surface area contributed by atoms with Crippen molar-refractivity contribution in [3.63, 3.8) is 0 Å². The molecule has 0 aliphatic rings. The average molecular weight is 442 g/mol. The monoisotopic (exact) mass is 441 g/mol. The molecule has 5 heteroatoms. The zero-order chi connectivity index (χ0) is 23.4. The molecule has 0 radical (unpaired) electrons. The highest BCUT2D eigenvalue weighted by molar-refractivity contribution is 5.92. The summed E-state index contributed by atoms with van der Waals surface area (Å²) in [5, 5.41) is 3.71. The zero-order valence-corrected chi connectivity index (χ0v) is 19.1. The second kappa shape index (κ2) is 9.74. The van der Waals surface area contributed by atoms with Crippen LogP contribution in [0.5, 0.6) is 5.75 Å². The van der Waals surface area contributed by atoms with Crippen molar-refractivity contribution in [2.45, 2.75) is 33.1 Å². The minimum absolute atomic E-state index is 0.0856. The quantitative estimate of drug-likeness (QED) is 0.342. The van der Waals surface area contributed by atoms with Crippen molar-refractivity contribution in [1.29, 1.82) is 0 Å². The Balaban J connectivity index is 1.43. The number of fused-ring (bicyclic) bond motifs is 1. The Labute approximate surface area is 193 Å². The van der Waals surface area contributed by atoms with Gasteiger partial charge in [-0.1, -0.05) is 50.2 Å². The van der Waals surface area contributed by atoms with Crippen LogP contribution in [0.4, 0.5) is 5.69 Å². The molecule has 0 bridgehead atoms. The van der Waals surface area contributed by atoms with E-state index in [9.17, 15) is 9.59 Å². The number of amides is 1. The Morgan fingerprint density at radius 2 is 1.76 bits per heavy atom. The minimum Gasteiger partial charge on any atom is -0.484 e. The second-order valence-electron chi connectivity index (χ2n) is 8.23. The summed E-state index contributed by atoms with van der Waals surface area (Å²) in [5.41, 5.74) is 4.19. The fourth-order valence-corrected chi connectivity index (χ4v) is 3.77. The van der Waals surface area contributed by atoms with Gasteiger partial charge in [0.15, 0.2) is 6.61 Å². The first-order chi connectivity index (χ1) is 15.9. The van der Waals surface area contributed by atoms with Gasteiger partial charge in [0.25, 0.3) is 5.91 Å². The van der Waals surface area contributed by atoms with E-state index in [0.29, 0.717) is 28.5 Å². The smallest absolute Gasteiger partial charge is 0.344 e. The molecule has 1 aromatic heterocycles. The summed E-state index contributed by atoms with van der Waals surface area (Å²) in [7, 11) is 0. The van der Waals surface area contributed by atoms with Gasteiger partial charge in [0.1, 0.15) is 11.3 Å². The standard InChI is InChI=1S/C28H27NO4/c1-4-18(2)20-9-12-23(13-10-20)32-17-27(30)29-22-11-14-24(19(3)15-22)25-16-21-7-5-6-8-26(21)33-28(25)31/h5-16,18H,4,17H2,1-3H3,(H,29,30)/t18-/m1/s1. The van der Waals surface area contributed by atoms with Crippen molar-refractivity contribution in [2.75, 3.05) is 11.9 Å². The summed E-state index contributed by atoms with van der Waals surface area (Å²) in [5.74, 6) is 0.902. The lowest BCUT2D eigenvalue weighted by Crippen LogP contribution is -2.20. The lowest BCUT2D eigenvalue weighted by molar-refractivity contribution is -0.118. The molecule has 4 aromatic rings. The predicted octanol–water partition coefficient (Wildman–Crippen LogP) is 6.30. The number of hydrogen-bond donors (Lipinski definition) is 1. The van der Waals surface area contributed by atoms with Crippen LogP contribution in [0.1, 0.15) is 37.3 Å². The molecular formula is C28H27NO4. The maximum Gasteiger partial charge on any atom is 0.344 e. The van der Waals surface area contributed by atoms with E-state index in [-0.39, 0.29) is 18.1 Å². The molecule has 0 aliphatic carbocycles. The van der Waals surface area contributed by atoms with E-state index in [0.717, 1.165) is 22.9 Å². The zero-order valence-electron chi connectivity index (χ0n) is 19.1. The number of para-hydroxylation sites is 1. The Kier molecular flexibility index (Phi) is 6.59. The van der Waals surface area contributed by atoms with Gasteiger partial charge in [-0.05, 0) is 72.4 Å². The first-order valence-corrected chi connectivity index (χ1v) is 11.1. The van der Waals surface area contributed by atoms with Crippen LogP contribution < -0.4 is 15.7 Å². The molecule has 0 fully saturated rings. The summed E-state index contributed by atoms with van der Waals surface area (Å²) in [6.45, 7) is 6.15. The van der Waals surface area contributed by atoms with Crippen molar-refractivity contribution in [3.8, 4) is 16.9 Å². The van der Waals surface area contributed by atoms with E-state index in [1.54, 1.807) is 12.1 Å². The van der Waals surface area contributed by atoms with Crippen molar-refractivity contribution >= 4 is 22.6 Å². The third kappa shape index (κ3) is 5.14. The molecule has 1 N–H and O–H groups in total. The first-order valence-electron chi connectivity index (χ1n) is 11.1. The van der Waals surface area contributed by atoms with Gasteiger partial charge in [0.2, 0.25) is 0 Å². The maximum atomic E-state index is 12.5. The number of carbonyl (C=O) groups is 1. The SMILES string of the molecule is CC[C@@H](C)c1ccc(OCC(=O)Nc2ccc(-c3cc4ccccc4oc3=O)c(C)c2)cc1. The lowest BCUT2D eigenvalue weighted by atomic mass is 9.99. The topological polar surface area (TPSA) is 68.5 Å². The van der Waals surface area contributed by atoms with Crippen LogP contribution in [-0.4, -0.2) is 12.5 Å². The van der Waals surface area contributed by atoms with Crippen LogP contribution in [0, 0.1) is 6.92 Å². The molecule has 1 heterocycles. The van der Waals surface area contributed by atoms with E-state index in [2.05, 4.69) is 19.2 Å². The fraction of sp³-hybridized carbons (Fsp3) is 0.214. The minimum atomic E-state index is -0.388. The van der Waals surface area contributed by atoms with E-state index in [4.69, 9.17) is 9.15 Å². The molecular weight excluding hydrogens is 414 g/mol. The van der Waals surface area contributed by atoms with Crippen molar-refractivity contribution in [3.05, 3.63) is 94.3 Å². The highest BCUT2D eigenvalue weighted by Crippen LogP contribution is 2.26. The van der Waals surface area contributed by atoms with Gasteiger partial charge in [0, 0.05) is 11.1 Å². The number of benzene rings is 3. The first kappa shape index (κ1) is 22.3. The molecule has 1 atom stereocenters. The van der Waals surface area contributed by atoms with E-state index in [1.807, 2.05) is 67.6 Å². The summed E-state index contributed by atoms with van der Waals surface area (Å²) in [6.07, 6.45) is 1.08. The molecule has 0 spiro atoms. The van der Waals surface area contributed by atoms with Gasteiger partial charge in [-0.25, -0.2) is 4.79 Å².